The van der Waals surface area contributed by atoms with Gasteiger partial charge in [-0.1, -0.05) is 13.8 Å². The molecule has 0 spiro atoms. The second-order valence-electron chi connectivity index (χ2n) is 3.85. The van der Waals surface area contributed by atoms with E-state index in [1.807, 2.05) is 24.4 Å². The van der Waals surface area contributed by atoms with Crippen LogP contribution in [-0.4, -0.2) is 14.8 Å². The van der Waals surface area contributed by atoms with E-state index in [0.717, 1.165) is 11.4 Å². The molecule has 0 bridgehead atoms. The molecule has 4 nitrogen and oxygen atoms in total. The zero-order valence-corrected chi connectivity index (χ0v) is 9.25. The van der Waals surface area contributed by atoms with Crippen LogP contribution in [0.25, 0.3) is 5.69 Å². The monoisotopic (exact) mass is 212 g/mol. The highest BCUT2D eigenvalue weighted by atomic mass is 15.3. The predicted octanol–water partition coefficient (Wildman–Crippen LogP) is 2.26. The van der Waals surface area contributed by atoms with E-state index in [-0.39, 0.29) is 0 Å². The van der Waals surface area contributed by atoms with E-state index in [2.05, 4.69) is 23.9 Å². The fourth-order valence-electron chi connectivity index (χ4n) is 1.41. The van der Waals surface area contributed by atoms with Gasteiger partial charge >= 0.3 is 0 Å². The molecule has 2 aromatic rings. The van der Waals surface area contributed by atoms with E-state index in [9.17, 15) is 0 Å². The molecule has 0 radical (unpaired) electrons. The Kier molecular flexibility index (Phi) is 2.69. The maximum absolute atomic E-state index is 8.76. The molecule has 2 rings (SSSR count). The van der Waals surface area contributed by atoms with Crippen molar-refractivity contribution in [3.63, 3.8) is 0 Å². The molecule has 0 aliphatic rings. The number of pyridine rings is 1. The summed E-state index contributed by atoms with van der Waals surface area (Å²) >= 11 is 0. The lowest BCUT2D eigenvalue weighted by Gasteiger charge is -2.01. The van der Waals surface area contributed by atoms with Crippen LogP contribution in [0, 0.1) is 11.3 Å². The number of hydrogen-bond acceptors (Lipinski definition) is 3. The Balaban J connectivity index is 2.39. The molecule has 0 aliphatic carbocycles. The van der Waals surface area contributed by atoms with E-state index in [1.165, 1.54) is 0 Å². The molecule has 2 heterocycles. The molecule has 0 atom stereocenters. The van der Waals surface area contributed by atoms with Crippen LogP contribution < -0.4 is 0 Å². The van der Waals surface area contributed by atoms with Gasteiger partial charge in [0.15, 0.2) is 0 Å². The fraction of sp³-hybridized carbons (Fsp3) is 0.250. The first-order valence-electron chi connectivity index (χ1n) is 5.13. The second kappa shape index (κ2) is 4.15. The molecule has 0 unspecified atom stereocenters. The minimum absolute atomic E-state index is 0.401. The van der Waals surface area contributed by atoms with Crippen LogP contribution in [0.15, 0.2) is 30.6 Å². The van der Waals surface area contributed by atoms with Crippen molar-refractivity contribution in [3.8, 4) is 11.8 Å². The minimum atomic E-state index is 0.401. The number of nitrogens with zero attached hydrogens (tertiary/aromatic N) is 4. The summed E-state index contributed by atoms with van der Waals surface area (Å²) in [5, 5.41) is 13.2. The Morgan fingerprint density at radius 1 is 1.38 bits per heavy atom. The van der Waals surface area contributed by atoms with Gasteiger partial charge in [-0.3, -0.25) is 0 Å². The molecule has 0 aliphatic heterocycles. The van der Waals surface area contributed by atoms with Crippen molar-refractivity contribution in [1.29, 1.82) is 5.26 Å². The molecule has 0 saturated carbocycles. The summed E-state index contributed by atoms with van der Waals surface area (Å²) in [6.07, 6.45) is 3.51. The highest BCUT2D eigenvalue weighted by Crippen LogP contribution is 2.13. The van der Waals surface area contributed by atoms with Crippen molar-refractivity contribution < 1.29 is 0 Å². The molecule has 4 heteroatoms. The molecule has 0 saturated heterocycles. The van der Waals surface area contributed by atoms with Gasteiger partial charge in [0.05, 0.1) is 11.4 Å². The van der Waals surface area contributed by atoms with Crippen LogP contribution in [0.3, 0.4) is 0 Å². The fourth-order valence-corrected chi connectivity index (χ4v) is 1.41. The lowest BCUT2D eigenvalue weighted by atomic mass is 10.1. The summed E-state index contributed by atoms with van der Waals surface area (Å²) in [5.41, 5.74) is 2.30. The zero-order chi connectivity index (χ0) is 11.5. The van der Waals surface area contributed by atoms with Crippen molar-refractivity contribution in [1.82, 2.24) is 14.8 Å². The van der Waals surface area contributed by atoms with Gasteiger partial charge in [-0.2, -0.15) is 10.4 Å². The van der Waals surface area contributed by atoms with Crippen LogP contribution in [0.2, 0.25) is 0 Å². The maximum Gasteiger partial charge on any atom is 0.142 e. The van der Waals surface area contributed by atoms with Gasteiger partial charge < -0.3 is 0 Å². The van der Waals surface area contributed by atoms with Crippen molar-refractivity contribution in [2.24, 2.45) is 0 Å². The largest absolute Gasteiger partial charge is 0.245 e. The second-order valence-corrected chi connectivity index (χ2v) is 3.85. The molecule has 16 heavy (non-hydrogen) atoms. The van der Waals surface area contributed by atoms with Gasteiger partial charge in [0.25, 0.3) is 0 Å². The van der Waals surface area contributed by atoms with Gasteiger partial charge in [-0.15, -0.1) is 0 Å². The smallest absolute Gasteiger partial charge is 0.142 e. The van der Waals surface area contributed by atoms with Gasteiger partial charge in [0, 0.05) is 18.5 Å². The van der Waals surface area contributed by atoms with Crippen molar-refractivity contribution in [2.45, 2.75) is 19.8 Å². The Morgan fingerprint density at radius 3 is 2.81 bits per heavy atom. The molecular weight excluding hydrogens is 200 g/mol. The van der Waals surface area contributed by atoms with Crippen LogP contribution in [-0.2, 0) is 0 Å². The topological polar surface area (TPSA) is 54.5 Å². The quantitative estimate of drug-likeness (QED) is 0.767. The average molecular weight is 212 g/mol. The van der Waals surface area contributed by atoms with E-state index < -0.39 is 0 Å². The maximum atomic E-state index is 8.76. The summed E-state index contributed by atoms with van der Waals surface area (Å²) < 4.78 is 1.76. The third kappa shape index (κ3) is 1.94. The molecule has 0 amide bonds. The van der Waals surface area contributed by atoms with Gasteiger partial charge in [0.2, 0.25) is 0 Å². The van der Waals surface area contributed by atoms with Crippen molar-refractivity contribution in [3.05, 3.63) is 42.0 Å². The Labute approximate surface area is 94.2 Å². The van der Waals surface area contributed by atoms with E-state index in [1.54, 1.807) is 16.9 Å². The molecule has 0 aromatic carbocycles. The first-order chi connectivity index (χ1) is 7.70. The van der Waals surface area contributed by atoms with Crippen LogP contribution in [0.4, 0.5) is 0 Å². The summed E-state index contributed by atoms with van der Waals surface area (Å²) in [5.74, 6) is 0.401. The molecule has 80 valence electrons. The number of rotatable bonds is 2. The number of hydrogen-bond donors (Lipinski definition) is 0. The Bertz CT molecular complexity index is 534. The third-order valence-electron chi connectivity index (χ3n) is 2.32. The molecule has 0 fully saturated rings. The molecule has 0 N–H and O–H groups in total. The average Bonchev–Trinajstić information content (AvgIpc) is 2.78. The van der Waals surface area contributed by atoms with Gasteiger partial charge in [-0.05, 0) is 18.1 Å². The lowest BCUT2D eigenvalue weighted by Crippen LogP contribution is -1.98. The molecule has 2 aromatic heterocycles. The van der Waals surface area contributed by atoms with Crippen molar-refractivity contribution >= 4 is 0 Å². The minimum Gasteiger partial charge on any atom is -0.245 e. The Hall–Kier alpha value is -2.15. The lowest BCUT2D eigenvalue weighted by molar-refractivity contribution is 0.767. The van der Waals surface area contributed by atoms with E-state index in [4.69, 9.17) is 5.26 Å². The van der Waals surface area contributed by atoms with E-state index in [0.29, 0.717) is 11.6 Å². The highest BCUT2D eigenvalue weighted by molar-refractivity contribution is 5.36. The first-order valence-corrected chi connectivity index (χ1v) is 5.13. The number of aromatic nitrogens is 3. The summed E-state index contributed by atoms with van der Waals surface area (Å²) in [6, 6.07) is 7.55. The normalized spacial score (nSPS) is 10.4. The first kappa shape index (κ1) is 10.4. The van der Waals surface area contributed by atoms with Gasteiger partial charge in [-0.25, -0.2) is 9.67 Å². The third-order valence-corrected chi connectivity index (χ3v) is 2.32. The zero-order valence-electron chi connectivity index (χ0n) is 9.25. The number of nitriles is 1. The predicted molar refractivity (Wildman–Crippen MR) is 60.2 cm³/mol. The summed E-state index contributed by atoms with van der Waals surface area (Å²) in [7, 11) is 0. The van der Waals surface area contributed by atoms with Crippen LogP contribution >= 0.6 is 0 Å². The standard InChI is InChI=1S/C12H12N4/c1-9(2)12-4-6-16(15-12)11-3-5-14-10(7-11)8-13/h3-7,9H,1-2H3. The van der Waals surface area contributed by atoms with Crippen LogP contribution in [0.1, 0.15) is 31.2 Å². The van der Waals surface area contributed by atoms with Gasteiger partial charge in [0.1, 0.15) is 11.8 Å². The summed E-state index contributed by atoms with van der Waals surface area (Å²) in [4.78, 5) is 3.92. The summed E-state index contributed by atoms with van der Waals surface area (Å²) in [6.45, 7) is 4.19. The van der Waals surface area contributed by atoms with Crippen molar-refractivity contribution in [2.75, 3.05) is 0 Å². The van der Waals surface area contributed by atoms with E-state index >= 15 is 0 Å². The Morgan fingerprint density at radius 2 is 2.19 bits per heavy atom. The molecular formula is C12H12N4. The SMILES string of the molecule is CC(C)c1ccn(-c2ccnc(C#N)c2)n1. The van der Waals surface area contributed by atoms with Crippen LogP contribution in [0.5, 0.6) is 0 Å². The highest BCUT2D eigenvalue weighted by Gasteiger charge is 2.05.